The van der Waals surface area contributed by atoms with Gasteiger partial charge in [-0.1, -0.05) is 12.1 Å². The SMILES string of the molecule is N#Cc1cccc(S(=O)(=O)Nc2cccc(C(N)=O)c2N)c1. The van der Waals surface area contributed by atoms with Gasteiger partial charge >= 0.3 is 0 Å². The van der Waals surface area contributed by atoms with Crippen molar-refractivity contribution in [2.75, 3.05) is 10.5 Å². The lowest BCUT2D eigenvalue weighted by Gasteiger charge is -2.12. The number of nitrogens with two attached hydrogens (primary N) is 2. The summed E-state index contributed by atoms with van der Waals surface area (Å²) in [5, 5.41) is 8.82. The maximum absolute atomic E-state index is 12.3. The van der Waals surface area contributed by atoms with Crippen molar-refractivity contribution in [3.05, 3.63) is 53.6 Å². The number of anilines is 2. The first-order valence-corrected chi connectivity index (χ1v) is 7.55. The zero-order valence-electron chi connectivity index (χ0n) is 11.3. The van der Waals surface area contributed by atoms with E-state index in [-0.39, 0.29) is 27.4 Å². The fourth-order valence-electron chi connectivity index (χ4n) is 1.81. The van der Waals surface area contributed by atoms with Gasteiger partial charge in [-0.3, -0.25) is 9.52 Å². The summed E-state index contributed by atoms with van der Waals surface area (Å²) in [7, 11) is -3.94. The number of carbonyl (C=O) groups excluding carboxylic acids is 1. The number of carbonyl (C=O) groups is 1. The summed E-state index contributed by atoms with van der Waals surface area (Å²) in [6, 6.07) is 11.6. The molecule has 2 aromatic rings. The van der Waals surface area contributed by atoms with Crippen molar-refractivity contribution in [1.82, 2.24) is 0 Å². The molecule has 0 spiro atoms. The highest BCUT2D eigenvalue weighted by Gasteiger charge is 2.18. The summed E-state index contributed by atoms with van der Waals surface area (Å²) in [6.07, 6.45) is 0. The summed E-state index contributed by atoms with van der Waals surface area (Å²) >= 11 is 0. The van der Waals surface area contributed by atoms with Crippen LogP contribution in [0.5, 0.6) is 0 Å². The molecule has 0 saturated carbocycles. The highest BCUT2D eigenvalue weighted by atomic mass is 32.2. The van der Waals surface area contributed by atoms with Crippen LogP contribution in [0.15, 0.2) is 47.4 Å². The molecule has 5 N–H and O–H groups in total. The maximum Gasteiger partial charge on any atom is 0.262 e. The quantitative estimate of drug-likeness (QED) is 0.723. The molecule has 2 aromatic carbocycles. The van der Waals surface area contributed by atoms with E-state index in [2.05, 4.69) is 4.72 Å². The third-order valence-corrected chi connectivity index (χ3v) is 4.25. The number of nitrogen functional groups attached to an aromatic ring is 1. The van der Waals surface area contributed by atoms with Gasteiger partial charge in [0.15, 0.2) is 0 Å². The van der Waals surface area contributed by atoms with Crippen LogP contribution in [0.1, 0.15) is 15.9 Å². The molecule has 0 bridgehead atoms. The van der Waals surface area contributed by atoms with Gasteiger partial charge in [-0.25, -0.2) is 8.42 Å². The van der Waals surface area contributed by atoms with Gasteiger partial charge in [0.25, 0.3) is 15.9 Å². The zero-order valence-corrected chi connectivity index (χ0v) is 12.1. The molecule has 0 aliphatic rings. The summed E-state index contributed by atoms with van der Waals surface area (Å²) in [5.74, 6) is -0.759. The van der Waals surface area contributed by atoms with Crippen LogP contribution in [0, 0.1) is 11.3 Å². The van der Waals surface area contributed by atoms with Crippen molar-refractivity contribution in [2.45, 2.75) is 4.90 Å². The predicted octanol–water partition coefficient (Wildman–Crippen LogP) is 1.04. The largest absolute Gasteiger partial charge is 0.396 e. The van der Waals surface area contributed by atoms with E-state index in [9.17, 15) is 13.2 Å². The minimum atomic E-state index is -3.94. The lowest BCUT2D eigenvalue weighted by atomic mass is 10.1. The summed E-state index contributed by atoms with van der Waals surface area (Å²) in [6.45, 7) is 0. The molecule has 0 aliphatic carbocycles. The van der Waals surface area contributed by atoms with Crippen LogP contribution in [0.2, 0.25) is 0 Å². The van der Waals surface area contributed by atoms with Crippen LogP contribution < -0.4 is 16.2 Å². The normalized spacial score (nSPS) is 10.7. The molecular weight excluding hydrogens is 304 g/mol. The van der Waals surface area contributed by atoms with E-state index in [4.69, 9.17) is 16.7 Å². The highest BCUT2D eigenvalue weighted by Crippen LogP contribution is 2.25. The van der Waals surface area contributed by atoms with E-state index in [1.54, 1.807) is 0 Å². The predicted molar refractivity (Wildman–Crippen MR) is 81.3 cm³/mol. The lowest BCUT2D eigenvalue weighted by molar-refractivity contribution is 0.100. The second-order valence-electron chi connectivity index (χ2n) is 4.38. The number of amides is 1. The van der Waals surface area contributed by atoms with Gasteiger partial charge < -0.3 is 11.5 Å². The van der Waals surface area contributed by atoms with E-state index >= 15 is 0 Å². The van der Waals surface area contributed by atoms with Crippen molar-refractivity contribution < 1.29 is 13.2 Å². The van der Waals surface area contributed by atoms with Crippen LogP contribution in [0.3, 0.4) is 0 Å². The molecule has 0 radical (unpaired) electrons. The van der Waals surface area contributed by atoms with Crippen LogP contribution >= 0.6 is 0 Å². The number of nitriles is 1. The van der Waals surface area contributed by atoms with Crippen LogP contribution in [-0.2, 0) is 10.0 Å². The number of para-hydroxylation sites is 1. The van der Waals surface area contributed by atoms with Crippen LogP contribution in [0.25, 0.3) is 0 Å². The van der Waals surface area contributed by atoms with Gasteiger partial charge in [0.1, 0.15) is 0 Å². The molecule has 0 aromatic heterocycles. The van der Waals surface area contributed by atoms with Gasteiger partial charge in [0, 0.05) is 0 Å². The number of rotatable bonds is 4. The molecule has 22 heavy (non-hydrogen) atoms. The molecule has 2 rings (SSSR count). The van der Waals surface area contributed by atoms with Gasteiger partial charge in [-0.2, -0.15) is 5.26 Å². The summed E-state index contributed by atoms with van der Waals surface area (Å²) in [4.78, 5) is 11.1. The Kier molecular flexibility index (Phi) is 4.01. The van der Waals surface area contributed by atoms with E-state index in [1.807, 2.05) is 6.07 Å². The van der Waals surface area contributed by atoms with Crippen LogP contribution in [-0.4, -0.2) is 14.3 Å². The molecule has 1 amide bonds. The Labute approximate surface area is 127 Å². The van der Waals surface area contributed by atoms with Crippen molar-refractivity contribution in [3.63, 3.8) is 0 Å². The van der Waals surface area contributed by atoms with E-state index in [0.29, 0.717) is 0 Å². The van der Waals surface area contributed by atoms with Crippen molar-refractivity contribution >= 4 is 27.3 Å². The van der Waals surface area contributed by atoms with Gasteiger partial charge in [0.05, 0.1) is 33.5 Å². The number of nitrogens with zero attached hydrogens (tertiary/aromatic N) is 1. The Bertz CT molecular complexity index is 885. The number of sulfonamides is 1. The monoisotopic (exact) mass is 316 g/mol. The maximum atomic E-state index is 12.3. The Balaban J connectivity index is 2.44. The number of hydrogen-bond acceptors (Lipinski definition) is 5. The Morgan fingerprint density at radius 3 is 2.50 bits per heavy atom. The first-order chi connectivity index (χ1) is 10.3. The van der Waals surface area contributed by atoms with Gasteiger partial charge in [-0.15, -0.1) is 0 Å². The second-order valence-corrected chi connectivity index (χ2v) is 6.06. The third kappa shape index (κ3) is 2.99. The second kappa shape index (κ2) is 5.75. The smallest absolute Gasteiger partial charge is 0.262 e. The molecule has 0 heterocycles. The molecular formula is C14H12N4O3S. The summed E-state index contributed by atoms with van der Waals surface area (Å²) < 4.78 is 26.9. The Morgan fingerprint density at radius 2 is 1.86 bits per heavy atom. The van der Waals surface area contributed by atoms with E-state index in [1.165, 1.54) is 42.5 Å². The molecule has 0 unspecified atom stereocenters. The first-order valence-electron chi connectivity index (χ1n) is 6.06. The van der Waals surface area contributed by atoms with Crippen LogP contribution in [0.4, 0.5) is 11.4 Å². The van der Waals surface area contributed by atoms with Gasteiger partial charge in [0.2, 0.25) is 0 Å². The summed E-state index contributed by atoms with van der Waals surface area (Å²) in [5.41, 5.74) is 11.1. The molecule has 0 atom stereocenters. The average molecular weight is 316 g/mol. The molecule has 8 heteroatoms. The third-order valence-electron chi connectivity index (χ3n) is 2.89. The number of benzene rings is 2. The fourth-order valence-corrected chi connectivity index (χ4v) is 2.93. The fraction of sp³-hybridized carbons (Fsp3) is 0. The molecule has 112 valence electrons. The Hall–Kier alpha value is -3.05. The number of primary amides is 1. The molecule has 7 nitrogen and oxygen atoms in total. The van der Waals surface area contributed by atoms with Crippen molar-refractivity contribution in [1.29, 1.82) is 5.26 Å². The Morgan fingerprint density at radius 1 is 1.18 bits per heavy atom. The average Bonchev–Trinajstić information content (AvgIpc) is 2.49. The van der Waals surface area contributed by atoms with Crippen molar-refractivity contribution in [3.8, 4) is 6.07 Å². The van der Waals surface area contributed by atoms with Gasteiger partial charge in [-0.05, 0) is 30.3 Å². The molecule has 0 fully saturated rings. The highest BCUT2D eigenvalue weighted by molar-refractivity contribution is 7.92. The topological polar surface area (TPSA) is 139 Å². The van der Waals surface area contributed by atoms with E-state index < -0.39 is 15.9 Å². The molecule has 0 aliphatic heterocycles. The number of nitrogens with one attached hydrogen (secondary N) is 1. The lowest BCUT2D eigenvalue weighted by Crippen LogP contribution is -2.18. The number of hydrogen-bond donors (Lipinski definition) is 3. The standard InChI is InChI=1S/C14H12N4O3S/c15-8-9-3-1-4-10(7-9)22(20,21)18-12-6-2-5-11(13(12)16)14(17)19/h1-7,18H,16H2,(H2,17,19). The van der Waals surface area contributed by atoms with E-state index in [0.717, 1.165) is 0 Å². The molecule has 0 saturated heterocycles. The minimum absolute atomic E-state index is 0.0194. The van der Waals surface area contributed by atoms with Crippen molar-refractivity contribution in [2.24, 2.45) is 5.73 Å². The minimum Gasteiger partial charge on any atom is -0.396 e. The zero-order chi connectivity index (χ0) is 16.3. The first kappa shape index (κ1) is 15.3.